The van der Waals surface area contributed by atoms with Crippen LogP contribution < -0.4 is 15.4 Å². The minimum atomic E-state index is -1.05. The first kappa shape index (κ1) is 17.1. The second kappa shape index (κ2) is 7.85. The molecule has 23 heavy (non-hydrogen) atoms. The van der Waals surface area contributed by atoms with Crippen molar-refractivity contribution in [3.05, 3.63) is 64.1 Å². The van der Waals surface area contributed by atoms with E-state index in [1.54, 1.807) is 36.4 Å². The largest absolute Gasteiger partial charge is 0.474 e. The Bertz CT molecular complexity index is 708. The number of halogens is 2. The first-order valence-corrected chi connectivity index (χ1v) is 7.46. The van der Waals surface area contributed by atoms with Crippen LogP contribution in [0.4, 0.5) is 4.79 Å². The van der Waals surface area contributed by atoms with E-state index in [2.05, 4.69) is 10.6 Å². The van der Waals surface area contributed by atoms with Crippen LogP contribution in [0.25, 0.3) is 0 Å². The molecule has 5 nitrogen and oxygen atoms in total. The molecule has 0 saturated carbocycles. The van der Waals surface area contributed by atoms with Crippen molar-refractivity contribution in [1.29, 1.82) is 0 Å². The van der Waals surface area contributed by atoms with Crippen molar-refractivity contribution in [1.82, 2.24) is 10.6 Å². The van der Waals surface area contributed by atoms with Gasteiger partial charge in [0, 0.05) is 23.7 Å². The SMILES string of the molecule is CNC(=O)NC(=O)[C@@H](Oc1cc(Cl)ccc1Cl)c1ccccc1. The van der Waals surface area contributed by atoms with E-state index in [9.17, 15) is 9.59 Å². The van der Waals surface area contributed by atoms with E-state index >= 15 is 0 Å². The van der Waals surface area contributed by atoms with E-state index in [1.807, 2.05) is 6.07 Å². The fourth-order valence-corrected chi connectivity index (χ4v) is 2.16. The Labute approximate surface area is 143 Å². The molecule has 0 aliphatic rings. The standard InChI is InChI=1S/C16H14Cl2N2O3/c1-19-16(22)20-15(21)14(10-5-3-2-4-6-10)23-13-9-11(17)7-8-12(13)18/h2-9,14H,1H3,(H2,19,20,21,22)/t14-/m0/s1. The van der Waals surface area contributed by atoms with E-state index < -0.39 is 18.0 Å². The summed E-state index contributed by atoms with van der Waals surface area (Å²) in [6.45, 7) is 0. The molecule has 0 aliphatic heterocycles. The lowest BCUT2D eigenvalue weighted by Crippen LogP contribution is -2.41. The Hall–Kier alpha value is -2.24. The number of ether oxygens (including phenoxy) is 1. The summed E-state index contributed by atoms with van der Waals surface area (Å²) in [6.07, 6.45) is -1.05. The predicted molar refractivity (Wildman–Crippen MR) is 88.9 cm³/mol. The quantitative estimate of drug-likeness (QED) is 0.883. The van der Waals surface area contributed by atoms with Gasteiger partial charge in [-0.15, -0.1) is 0 Å². The van der Waals surface area contributed by atoms with E-state index in [-0.39, 0.29) is 5.75 Å². The molecule has 2 N–H and O–H groups in total. The summed E-state index contributed by atoms with van der Waals surface area (Å²) in [7, 11) is 1.41. The first-order valence-electron chi connectivity index (χ1n) is 6.70. The first-order chi connectivity index (χ1) is 11.0. The van der Waals surface area contributed by atoms with Gasteiger partial charge in [-0.25, -0.2) is 4.79 Å². The molecular weight excluding hydrogens is 339 g/mol. The minimum Gasteiger partial charge on any atom is -0.474 e. The van der Waals surface area contributed by atoms with Crippen LogP contribution >= 0.6 is 23.2 Å². The van der Waals surface area contributed by atoms with E-state index in [0.29, 0.717) is 15.6 Å². The van der Waals surface area contributed by atoms with Gasteiger partial charge in [0.1, 0.15) is 5.75 Å². The number of carbonyl (C=O) groups is 2. The molecule has 0 fully saturated rings. The third-order valence-corrected chi connectivity index (χ3v) is 3.49. The monoisotopic (exact) mass is 352 g/mol. The lowest BCUT2D eigenvalue weighted by atomic mass is 10.1. The van der Waals surface area contributed by atoms with Crippen LogP contribution in [0.5, 0.6) is 5.75 Å². The zero-order valence-electron chi connectivity index (χ0n) is 12.2. The average Bonchev–Trinajstić information content (AvgIpc) is 2.56. The van der Waals surface area contributed by atoms with Gasteiger partial charge in [0.15, 0.2) is 0 Å². The van der Waals surface area contributed by atoms with Crippen molar-refractivity contribution in [2.75, 3.05) is 7.05 Å². The molecule has 0 radical (unpaired) electrons. The van der Waals surface area contributed by atoms with Crippen LogP contribution in [0, 0.1) is 0 Å². The van der Waals surface area contributed by atoms with Gasteiger partial charge in [0.2, 0.25) is 6.10 Å². The number of nitrogens with one attached hydrogen (secondary N) is 2. The molecule has 0 heterocycles. The topological polar surface area (TPSA) is 67.4 Å². The fourth-order valence-electron chi connectivity index (χ4n) is 1.84. The number of amides is 3. The Morgan fingerprint density at radius 3 is 2.43 bits per heavy atom. The molecule has 120 valence electrons. The van der Waals surface area contributed by atoms with Gasteiger partial charge < -0.3 is 10.1 Å². The molecular formula is C16H14Cl2N2O3. The number of benzene rings is 2. The Morgan fingerprint density at radius 2 is 1.78 bits per heavy atom. The second-order valence-corrected chi connectivity index (χ2v) is 5.40. The van der Waals surface area contributed by atoms with Crippen LogP contribution in [0.15, 0.2) is 48.5 Å². The summed E-state index contributed by atoms with van der Waals surface area (Å²) in [5.41, 5.74) is 0.574. The summed E-state index contributed by atoms with van der Waals surface area (Å²) in [5.74, 6) is -0.369. The van der Waals surface area contributed by atoms with E-state index in [1.165, 1.54) is 13.1 Å². The van der Waals surface area contributed by atoms with Crippen molar-refractivity contribution in [3.63, 3.8) is 0 Å². The summed E-state index contributed by atoms with van der Waals surface area (Å²) in [4.78, 5) is 23.7. The molecule has 2 aromatic carbocycles. The zero-order valence-corrected chi connectivity index (χ0v) is 13.7. The number of carbonyl (C=O) groups excluding carboxylic acids is 2. The van der Waals surface area contributed by atoms with Crippen molar-refractivity contribution in [2.45, 2.75) is 6.10 Å². The lowest BCUT2D eigenvalue weighted by molar-refractivity contribution is -0.127. The number of hydrogen-bond acceptors (Lipinski definition) is 3. The predicted octanol–water partition coefficient (Wildman–Crippen LogP) is 3.57. The third-order valence-electron chi connectivity index (χ3n) is 2.94. The maximum absolute atomic E-state index is 12.3. The molecule has 2 rings (SSSR count). The van der Waals surface area contributed by atoms with Gasteiger partial charge in [-0.1, -0.05) is 53.5 Å². The lowest BCUT2D eigenvalue weighted by Gasteiger charge is -2.19. The Kier molecular flexibility index (Phi) is 5.84. The highest BCUT2D eigenvalue weighted by molar-refractivity contribution is 6.34. The second-order valence-electron chi connectivity index (χ2n) is 4.55. The Morgan fingerprint density at radius 1 is 1.09 bits per heavy atom. The molecule has 0 spiro atoms. The molecule has 3 amide bonds. The van der Waals surface area contributed by atoms with Crippen LogP contribution in [-0.4, -0.2) is 19.0 Å². The van der Waals surface area contributed by atoms with E-state index in [0.717, 1.165) is 0 Å². The van der Waals surface area contributed by atoms with Gasteiger partial charge in [-0.05, 0) is 12.1 Å². The number of imide groups is 1. The smallest absolute Gasteiger partial charge is 0.321 e. The molecule has 0 unspecified atom stereocenters. The molecule has 0 saturated heterocycles. The van der Waals surface area contributed by atoms with Gasteiger partial charge >= 0.3 is 6.03 Å². The van der Waals surface area contributed by atoms with Crippen LogP contribution in [0.2, 0.25) is 10.0 Å². The van der Waals surface area contributed by atoms with Gasteiger partial charge in [-0.2, -0.15) is 0 Å². The molecule has 0 bridgehead atoms. The van der Waals surface area contributed by atoms with Gasteiger partial charge in [0.25, 0.3) is 5.91 Å². The van der Waals surface area contributed by atoms with Gasteiger partial charge in [-0.3, -0.25) is 10.1 Å². The van der Waals surface area contributed by atoms with Gasteiger partial charge in [0.05, 0.1) is 5.02 Å². The van der Waals surface area contributed by atoms with Crippen LogP contribution in [0.3, 0.4) is 0 Å². The molecule has 1 atom stereocenters. The number of urea groups is 1. The molecule has 2 aromatic rings. The highest BCUT2D eigenvalue weighted by Gasteiger charge is 2.25. The molecule has 7 heteroatoms. The van der Waals surface area contributed by atoms with Crippen molar-refractivity contribution >= 4 is 35.1 Å². The maximum Gasteiger partial charge on any atom is 0.321 e. The van der Waals surface area contributed by atoms with E-state index in [4.69, 9.17) is 27.9 Å². The van der Waals surface area contributed by atoms with Crippen LogP contribution in [0.1, 0.15) is 11.7 Å². The number of rotatable bonds is 4. The number of hydrogen-bond donors (Lipinski definition) is 2. The van der Waals surface area contributed by atoms with Crippen molar-refractivity contribution in [3.8, 4) is 5.75 Å². The normalized spacial score (nSPS) is 11.4. The summed E-state index contributed by atoms with van der Waals surface area (Å²) >= 11 is 12.0. The fraction of sp³-hybridized carbons (Fsp3) is 0.125. The zero-order chi connectivity index (χ0) is 16.8. The summed E-state index contributed by atoms with van der Waals surface area (Å²) in [5, 5.41) is 5.23. The van der Waals surface area contributed by atoms with Crippen molar-refractivity contribution in [2.24, 2.45) is 0 Å². The average molecular weight is 353 g/mol. The Balaban J connectivity index is 2.32. The highest BCUT2D eigenvalue weighted by Crippen LogP contribution is 2.31. The van der Waals surface area contributed by atoms with Crippen LogP contribution in [-0.2, 0) is 4.79 Å². The minimum absolute atomic E-state index is 0.250. The summed E-state index contributed by atoms with van der Waals surface area (Å²) < 4.78 is 5.71. The molecule has 0 aromatic heterocycles. The third kappa shape index (κ3) is 4.61. The molecule has 0 aliphatic carbocycles. The highest BCUT2D eigenvalue weighted by atomic mass is 35.5. The maximum atomic E-state index is 12.3. The van der Waals surface area contributed by atoms with Crippen molar-refractivity contribution < 1.29 is 14.3 Å². The summed E-state index contributed by atoms with van der Waals surface area (Å²) in [6, 6.07) is 12.8.